The Morgan fingerprint density at radius 3 is 1.02 bits per heavy atom. The smallest absolute Gasteiger partial charge is 0.338 e. The van der Waals surface area contributed by atoms with E-state index in [0.29, 0.717) is 105 Å². The van der Waals surface area contributed by atoms with Crippen molar-refractivity contribution in [1.29, 1.82) is 0 Å². The van der Waals surface area contributed by atoms with E-state index < -0.39 is 0 Å². The highest BCUT2D eigenvalue weighted by atomic mass is 16.6. The number of hydrogen-bond donors (Lipinski definition) is 0. The van der Waals surface area contributed by atoms with Gasteiger partial charge in [0.1, 0.15) is 6.61 Å². The lowest BCUT2D eigenvalue weighted by Gasteiger charge is -2.09. The summed E-state index contributed by atoms with van der Waals surface area (Å²) < 4.78 is 49.2. The summed E-state index contributed by atoms with van der Waals surface area (Å²) in [6, 6.07) is 8.88. The molecule has 0 saturated carbocycles. The molecule has 0 aromatic heterocycles. The molecule has 0 amide bonds. The molecule has 0 fully saturated rings. The van der Waals surface area contributed by atoms with Crippen LogP contribution < -0.4 is 0 Å². The number of carbonyl (C=O) groups excluding carboxylic acids is 1. The van der Waals surface area contributed by atoms with E-state index in [9.17, 15) is 4.79 Å². The van der Waals surface area contributed by atoms with E-state index in [2.05, 4.69) is 6.92 Å². The van der Waals surface area contributed by atoms with Crippen molar-refractivity contribution in [3.05, 3.63) is 35.9 Å². The first-order valence-corrected chi connectivity index (χ1v) is 18.7. The van der Waals surface area contributed by atoms with E-state index in [-0.39, 0.29) is 12.6 Å². The molecule has 1 aromatic carbocycles. The van der Waals surface area contributed by atoms with Gasteiger partial charge in [-0.15, -0.1) is 0 Å². The second kappa shape index (κ2) is 38.2. The third kappa shape index (κ3) is 32.9. The van der Waals surface area contributed by atoms with E-state index in [1.54, 1.807) is 24.3 Å². The fraction of sp³-hybridized carbons (Fsp3) is 0.816. The maximum atomic E-state index is 11.8. The largest absolute Gasteiger partial charge is 0.460 e. The molecule has 0 aliphatic carbocycles. The van der Waals surface area contributed by atoms with Gasteiger partial charge in [-0.05, 0) is 18.6 Å². The van der Waals surface area contributed by atoms with Gasteiger partial charge in [0.25, 0.3) is 0 Å². The van der Waals surface area contributed by atoms with Crippen LogP contribution in [0, 0.1) is 0 Å². The van der Waals surface area contributed by atoms with Gasteiger partial charge >= 0.3 is 5.97 Å². The van der Waals surface area contributed by atoms with Crippen LogP contribution in [0.3, 0.4) is 0 Å². The van der Waals surface area contributed by atoms with Crippen molar-refractivity contribution in [2.45, 2.75) is 90.4 Å². The molecule has 0 radical (unpaired) electrons. The van der Waals surface area contributed by atoms with Crippen LogP contribution in [0.15, 0.2) is 30.3 Å². The monoisotopic (exact) mass is 684 g/mol. The normalized spacial score (nSPS) is 11.4. The Balaban J connectivity index is 1.62. The molecule has 1 rings (SSSR count). The molecule has 280 valence electrons. The molecule has 10 nitrogen and oxygen atoms in total. The minimum absolute atomic E-state index is 0.210. The molecule has 0 aliphatic rings. The van der Waals surface area contributed by atoms with Gasteiger partial charge in [-0.3, -0.25) is 0 Å². The highest BCUT2D eigenvalue weighted by Gasteiger charge is 2.05. The maximum absolute atomic E-state index is 11.8. The summed E-state index contributed by atoms with van der Waals surface area (Å²) in [7, 11) is 0. The van der Waals surface area contributed by atoms with Crippen LogP contribution in [-0.2, 0) is 42.6 Å². The first-order chi connectivity index (χ1) is 23.8. The van der Waals surface area contributed by atoms with Gasteiger partial charge in [-0.1, -0.05) is 102 Å². The van der Waals surface area contributed by atoms with Gasteiger partial charge in [0, 0.05) is 6.61 Å². The summed E-state index contributed by atoms with van der Waals surface area (Å²) in [5.41, 5.74) is 0.532. The predicted octanol–water partition coefficient (Wildman–Crippen LogP) is 7.07. The number of esters is 1. The van der Waals surface area contributed by atoms with E-state index in [1.165, 1.54) is 77.0 Å². The zero-order valence-corrected chi connectivity index (χ0v) is 30.2. The topological polar surface area (TPSA) is 100 Å². The molecule has 0 bridgehead atoms. The summed E-state index contributed by atoms with van der Waals surface area (Å²) in [6.45, 7) is 11.0. The molecular formula is C38H68O10. The Morgan fingerprint density at radius 1 is 0.375 bits per heavy atom. The molecule has 1 aromatic rings. The highest BCUT2D eigenvalue weighted by molar-refractivity contribution is 5.89. The Hall–Kier alpha value is -1.63. The average Bonchev–Trinajstić information content (AvgIpc) is 3.11. The molecular weight excluding hydrogens is 616 g/mol. The summed E-state index contributed by atoms with van der Waals surface area (Å²) in [4.78, 5) is 11.8. The fourth-order valence-electron chi connectivity index (χ4n) is 4.71. The first kappa shape index (κ1) is 44.4. The van der Waals surface area contributed by atoms with Crippen LogP contribution in [0.4, 0.5) is 0 Å². The second-order valence-corrected chi connectivity index (χ2v) is 11.6. The van der Waals surface area contributed by atoms with Crippen molar-refractivity contribution in [2.24, 2.45) is 0 Å². The number of rotatable bonds is 39. The predicted molar refractivity (Wildman–Crippen MR) is 189 cm³/mol. The van der Waals surface area contributed by atoms with E-state index >= 15 is 0 Å². The van der Waals surface area contributed by atoms with Crippen molar-refractivity contribution < 1.29 is 47.4 Å². The summed E-state index contributed by atoms with van der Waals surface area (Å²) in [5, 5.41) is 0. The van der Waals surface area contributed by atoms with Crippen LogP contribution in [0.1, 0.15) is 101 Å². The Morgan fingerprint density at radius 2 is 0.667 bits per heavy atom. The number of benzene rings is 1. The van der Waals surface area contributed by atoms with Gasteiger partial charge in [0.05, 0.1) is 105 Å². The standard InChI is InChI=1S/C38H68O10/c1-2-3-4-5-6-7-8-9-10-11-12-13-17-20-40-21-22-41-23-24-42-25-26-43-27-28-44-29-30-45-31-32-46-33-34-47-35-36-48-38(39)37-18-15-14-16-19-37/h14-16,18-19H,2-13,17,20-36H2,1H3. The van der Waals surface area contributed by atoms with Crippen molar-refractivity contribution in [3.8, 4) is 0 Å². The van der Waals surface area contributed by atoms with Crippen LogP contribution in [-0.4, -0.2) is 118 Å². The molecule has 0 unspecified atom stereocenters. The minimum atomic E-state index is -0.349. The molecule has 0 aliphatic heterocycles. The van der Waals surface area contributed by atoms with E-state index in [4.69, 9.17) is 42.6 Å². The minimum Gasteiger partial charge on any atom is -0.460 e. The summed E-state index contributed by atoms with van der Waals surface area (Å²) >= 11 is 0. The number of hydrogen-bond acceptors (Lipinski definition) is 10. The number of ether oxygens (including phenoxy) is 9. The Bertz CT molecular complexity index is 767. The summed E-state index contributed by atoms with van der Waals surface area (Å²) in [5.74, 6) is -0.349. The highest BCUT2D eigenvalue weighted by Crippen LogP contribution is 2.12. The van der Waals surface area contributed by atoms with Gasteiger partial charge in [-0.25, -0.2) is 4.79 Å². The number of carbonyl (C=O) groups is 1. The lowest BCUT2D eigenvalue weighted by molar-refractivity contribution is -0.0244. The van der Waals surface area contributed by atoms with Crippen molar-refractivity contribution in [3.63, 3.8) is 0 Å². The molecule has 0 saturated heterocycles. The van der Waals surface area contributed by atoms with Crippen molar-refractivity contribution in [2.75, 3.05) is 112 Å². The number of unbranched alkanes of at least 4 members (excludes halogenated alkanes) is 12. The Kier molecular flexibility index (Phi) is 35.3. The fourth-order valence-corrected chi connectivity index (χ4v) is 4.71. The van der Waals surface area contributed by atoms with Gasteiger partial charge < -0.3 is 42.6 Å². The first-order valence-electron chi connectivity index (χ1n) is 18.7. The third-order valence-corrected chi connectivity index (χ3v) is 7.47. The molecule has 0 atom stereocenters. The van der Waals surface area contributed by atoms with Crippen molar-refractivity contribution in [1.82, 2.24) is 0 Å². The zero-order chi connectivity index (χ0) is 34.3. The van der Waals surface area contributed by atoms with E-state index in [1.807, 2.05) is 6.07 Å². The lowest BCUT2D eigenvalue weighted by Crippen LogP contribution is -2.15. The second-order valence-electron chi connectivity index (χ2n) is 11.6. The van der Waals surface area contributed by atoms with Crippen LogP contribution >= 0.6 is 0 Å². The maximum Gasteiger partial charge on any atom is 0.338 e. The van der Waals surface area contributed by atoms with Crippen molar-refractivity contribution >= 4 is 5.97 Å². The van der Waals surface area contributed by atoms with E-state index in [0.717, 1.165) is 13.0 Å². The molecule has 10 heteroatoms. The quantitative estimate of drug-likeness (QED) is 0.0529. The van der Waals surface area contributed by atoms with Gasteiger partial charge in [0.15, 0.2) is 0 Å². The average molecular weight is 685 g/mol. The zero-order valence-electron chi connectivity index (χ0n) is 30.2. The van der Waals surface area contributed by atoms with Gasteiger partial charge in [-0.2, -0.15) is 0 Å². The van der Waals surface area contributed by atoms with Crippen LogP contribution in [0.5, 0.6) is 0 Å². The third-order valence-electron chi connectivity index (χ3n) is 7.47. The molecule has 0 heterocycles. The van der Waals surface area contributed by atoms with Gasteiger partial charge in [0.2, 0.25) is 0 Å². The molecule has 0 spiro atoms. The van der Waals surface area contributed by atoms with Crippen LogP contribution in [0.25, 0.3) is 0 Å². The van der Waals surface area contributed by atoms with Crippen LogP contribution in [0.2, 0.25) is 0 Å². The molecule has 0 N–H and O–H groups in total. The lowest BCUT2D eigenvalue weighted by atomic mass is 10.0. The Labute approximate surface area is 291 Å². The summed E-state index contributed by atoms with van der Waals surface area (Å²) in [6.07, 6.45) is 17.8. The molecule has 48 heavy (non-hydrogen) atoms. The SMILES string of the molecule is CCCCCCCCCCCCCCCOCCOCCOCCOCCOCCOCCOCCOCCOC(=O)c1ccccc1.